The number of carbonyl (C=O) groups is 1. The van der Waals surface area contributed by atoms with Gasteiger partial charge in [-0.25, -0.2) is 0 Å². The van der Waals surface area contributed by atoms with Crippen molar-refractivity contribution in [2.24, 2.45) is 0 Å². The van der Waals surface area contributed by atoms with Gasteiger partial charge in [0.15, 0.2) is 5.78 Å². The zero-order valence-corrected chi connectivity index (χ0v) is 8.88. The zero-order chi connectivity index (χ0) is 10.4. The second-order valence-corrected chi connectivity index (χ2v) is 3.55. The highest BCUT2D eigenvalue weighted by atomic mass is 16.5. The van der Waals surface area contributed by atoms with Gasteiger partial charge in [0.25, 0.3) is 0 Å². The highest BCUT2D eigenvalue weighted by Crippen LogP contribution is 2.09. The molecule has 1 aromatic heterocycles. The molecule has 0 fully saturated rings. The van der Waals surface area contributed by atoms with Crippen molar-refractivity contribution in [1.29, 1.82) is 0 Å². The van der Waals surface area contributed by atoms with Crippen LogP contribution < -0.4 is 0 Å². The van der Waals surface area contributed by atoms with Crippen LogP contribution in [0.1, 0.15) is 55.8 Å². The molecule has 0 amide bonds. The smallest absolute Gasteiger partial charge is 0.181 e. The molecular weight excluding hydrogens is 178 g/mol. The van der Waals surface area contributed by atoms with Crippen LogP contribution in [0.25, 0.3) is 0 Å². The van der Waals surface area contributed by atoms with Crippen LogP contribution in [0.5, 0.6) is 0 Å². The fourth-order valence-electron chi connectivity index (χ4n) is 1.32. The number of ketones is 1. The van der Waals surface area contributed by atoms with Gasteiger partial charge in [-0.15, -0.1) is 0 Å². The summed E-state index contributed by atoms with van der Waals surface area (Å²) in [7, 11) is 0. The number of hydrogen-bond acceptors (Lipinski definition) is 3. The van der Waals surface area contributed by atoms with Gasteiger partial charge in [0.1, 0.15) is 11.5 Å². The van der Waals surface area contributed by atoms with Gasteiger partial charge >= 0.3 is 0 Å². The first-order valence-corrected chi connectivity index (χ1v) is 5.20. The first kappa shape index (κ1) is 11.0. The van der Waals surface area contributed by atoms with E-state index >= 15 is 0 Å². The van der Waals surface area contributed by atoms with E-state index < -0.39 is 0 Å². The molecule has 3 nitrogen and oxygen atoms in total. The number of rotatable bonds is 6. The Bertz CT molecular complexity index is 291. The number of nitrogens with zero attached hydrogens (tertiary/aromatic N) is 1. The molecule has 1 rings (SSSR count). The van der Waals surface area contributed by atoms with Crippen molar-refractivity contribution in [3.8, 4) is 0 Å². The Morgan fingerprint density at radius 1 is 1.43 bits per heavy atom. The molecule has 0 atom stereocenters. The van der Waals surface area contributed by atoms with Crippen LogP contribution in [0.2, 0.25) is 0 Å². The third-order valence-corrected chi connectivity index (χ3v) is 2.20. The monoisotopic (exact) mass is 195 g/mol. The molecule has 0 aliphatic heterocycles. The van der Waals surface area contributed by atoms with Gasteiger partial charge in [-0.3, -0.25) is 4.79 Å². The summed E-state index contributed by atoms with van der Waals surface area (Å²) >= 11 is 0. The Kier molecular flexibility index (Phi) is 4.36. The highest BCUT2D eigenvalue weighted by Gasteiger charge is 2.07. The van der Waals surface area contributed by atoms with E-state index in [0.29, 0.717) is 5.69 Å². The molecule has 0 N–H and O–H groups in total. The van der Waals surface area contributed by atoms with Crippen LogP contribution in [-0.2, 0) is 6.42 Å². The van der Waals surface area contributed by atoms with Crippen molar-refractivity contribution < 1.29 is 9.32 Å². The van der Waals surface area contributed by atoms with Crippen molar-refractivity contribution in [1.82, 2.24) is 5.16 Å². The molecule has 0 spiro atoms. The molecule has 0 bridgehead atoms. The molecule has 0 unspecified atom stereocenters. The van der Waals surface area contributed by atoms with Gasteiger partial charge in [-0.05, 0) is 6.42 Å². The quantitative estimate of drug-likeness (QED) is 0.517. The standard InChI is InChI=1S/C11H17NO2/c1-3-4-5-6-7-10-8-11(9(2)13)12-14-10/h8H,3-7H2,1-2H3. The molecule has 0 saturated carbocycles. The van der Waals surface area contributed by atoms with Crippen LogP contribution in [0.15, 0.2) is 10.6 Å². The van der Waals surface area contributed by atoms with E-state index in [-0.39, 0.29) is 5.78 Å². The van der Waals surface area contributed by atoms with Crippen molar-refractivity contribution >= 4 is 5.78 Å². The Morgan fingerprint density at radius 3 is 2.79 bits per heavy atom. The van der Waals surface area contributed by atoms with E-state index in [9.17, 15) is 4.79 Å². The van der Waals surface area contributed by atoms with Gasteiger partial charge in [0, 0.05) is 19.4 Å². The van der Waals surface area contributed by atoms with E-state index in [0.717, 1.165) is 18.6 Å². The van der Waals surface area contributed by atoms with Gasteiger partial charge in [-0.2, -0.15) is 0 Å². The van der Waals surface area contributed by atoms with E-state index in [1.54, 1.807) is 6.07 Å². The maximum Gasteiger partial charge on any atom is 0.181 e. The summed E-state index contributed by atoms with van der Waals surface area (Å²) in [6.45, 7) is 3.68. The summed E-state index contributed by atoms with van der Waals surface area (Å²) in [6, 6.07) is 1.74. The first-order valence-electron chi connectivity index (χ1n) is 5.20. The second kappa shape index (κ2) is 5.58. The molecule has 3 heteroatoms. The maximum atomic E-state index is 10.9. The lowest BCUT2D eigenvalue weighted by Crippen LogP contribution is -1.89. The maximum absolute atomic E-state index is 10.9. The third-order valence-electron chi connectivity index (χ3n) is 2.20. The molecule has 0 aliphatic carbocycles. The minimum absolute atomic E-state index is 0.0337. The van der Waals surface area contributed by atoms with E-state index in [2.05, 4.69) is 12.1 Å². The molecule has 1 aromatic rings. The number of unbranched alkanes of at least 4 members (excludes halogenated alkanes) is 3. The molecule has 78 valence electrons. The van der Waals surface area contributed by atoms with Crippen molar-refractivity contribution in [2.75, 3.05) is 0 Å². The minimum Gasteiger partial charge on any atom is -0.361 e. The molecule has 14 heavy (non-hydrogen) atoms. The van der Waals surface area contributed by atoms with Crippen molar-refractivity contribution in [3.05, 3.63) is 17.5 Å². The van der Waals surface area contributed by atoms with Crippen LogP contribution in [0.3, 0.4) is 0 Å². The molecule has 0 aromatic carbocycles. The van der Waals surface area contributed by atoms with Crippen molar-refractivity contribution in [3.63, 3.8) is 0 Å². The summed E-state index contributed by atoms with van der Waals surface area (Å²) in [5.41, 5.74) is 0.440. The zero-order valence-electron chi connectivity index (χ0n) is 8.88. The van der Waals surface area contributed by atoms with Gasteiger partial charge in [0.05, 0.1) is 0 Å². The summed E-state index contributed by atoms with van der Waals surface area (Å²) in [5.74, 6) is 0.792. The van der Waals surface area contributed by atoms with E-state index in [1.165, 1.54) is 26.2 Å². The van der Waals surface area contributed by atoms with Gasteiger partial charge < -0.3 is 4.52 Å². The van der Waals surface area contributed by atoms with Crippen LogP contribution in [0.4, 0.5) is 0 Å². The van der Waals surface area contributed by atoms with E-state index in [4.69, 9.17) is 4.52 Å². The average molecular weight is 195 g/mol. The van der Waals surface area contributed by atoms with E-state index in [1.807, 2.05) is 0 Å². The second-order valence-electron chi connectivity index (χ2n) is 3.55. The fraction of sp³-hybridized carbons (Fsp3) is 0.636. The fourth-order valence-corrected chi connectivity index (χ4v) is 1.32. The van der Waals surface area contributed by atoms with Crippen LogP contribution in [0, 0.1) is 0 Å². The SMILES string of the molecule is CCCCCCc1cc(C(C)=O)no1. The molecule has 1 heterocycles. The molecular formula is C11H17NO2. The summed E-state index contributed by atoms with van der Waals surface area (Å²) in [4.78, 5) is 10.9. The Balaban J connectivity index is 2.33. The topological polar surface area (TPSA) is 43.1 Å². The first-order chi connectivity index (χ1) is 6.74. The van der Waals surface area contributed by atoms with Crippen LogP contribution in [-0.4, -0.2) is 10.9 Å². The number of aromatic nitrogens is 1. The average Bonchev–Trinajstić information content (AvgIpc) is 2.61. The normalized spacial score (nSPS) is 10.4. The lowest BCUT2D eigenvalue weighted by molar-refractivity contribution is 0.100. The molecule has 0 saturated heterocycles. The number of hydrogen-bond donors (Lipinski definition) is 0. The van der Waals surface area contributed by atoms with Gasteiger partial charge in [0.2, 0.25) is 0 Å². The summed E-state index contributed by atoms with van der Waals surface area (Å²) < 4.78 is 5.04. The third kappa shape index (κ3) is 3.32. The van der Waals surface area contributed by atoms with Crippen LogP contribution >= 0.6 is 0 Å². The van der Waals surface area contributed by atoms with Gasteiger partial charge in [-0.1, -0.05) is 31.3 Å². The Morgan fingerprint density at radius 2 is 2.21 bits per heavy atom. The Labute approximate surface area is 84.5 Å². The number of carbonyl (C=O) groups excluding carboxylic acids is 1. The molecule has 0 aliphatic rings. The minimum atomic E-state index is -0.0337. The molecule has 0 radical (unpaired) electrons. The highest BCUT2D eigenvalue weighted by molar-refractivity contribution is 5.91. The predicted octanol–water partition coefficient (Wildman–Crippen LogP) is 3.00. The number of aryl methyl sites for hydroxylation is 1. The summed E-state index contributed by atoms with van der Waals surface area (Å²) in [6.07, 6.45) is 5.70. The Hall–Kier alpha value is -1.12. The summed E-state index contributed by atoms with van der Waals surface area (Å²) in [5, 5.41) is 3.69. The lowest BCUT2D eigenvalue weighted by Gasteiger charge is -1.94. The number of Topliss-reactive ketones (excluding diaryl/α,β-unsaturated/α-hetero) is 1. The van der Waals surface area contributed by atoms with Crippen molar-refractivity contribution in [2.45, 2.75) is 46.0 Å². The largest absolute Gasteiger partial charge is 0.361 e. The lowest BCUT2D eigenvalue weighted by atomic mass is 10.1. The predicted molar refractivity (Wildman–Crippen MR) is 54.4 cm³/mol.